The Balaban J connectivity index is 2.31. The molecule has 0 N–H and O–H groups in total. The highest BCUT2D eigenvalue weighted by Crippen LogP contribution is 2.39. The summed E-state index contributed by atoms with van der Waals surface area (Å²) in [6.07, 6.45) is 6.13. The zero-order chi connectivity index (χ0) is 14.5. The van der Waals surface area contributed by atoms with E-state index < -0.39 is 5.82 Å². The third-order valence-corrected chi connectivity index (χ3v) is 4.16. The third-order valence-electron chi connectivity index (χ3n) is 3.87. The Morgan fingerprint density at radius 1 is 1.40 bits per heavy atom. The average Bonchev–Trinajstić information content (AvgIpc) is 2.85. The lowest BCUT2D eigenvalue weighted by molar-refractivity contribution is 0.628. The van der Waals surface area contributed by atoms with Crippen molar-refractivity contribution >= 4 is 17.2 Å². The Morgan fingerprint density at radius 2 is 2.20 bits per heavy atom. The van der Waals surface area contributed by atoms with Crippen LogP contribution in [0.3, 0.4) is 0 Å². The van der Waals surface area contributed by atoms with E-state index in [1.165, 1.54) is 24.5 Å². The summed E-state index contributed by atoms with van der Waals surface area (Å²) in [5.41, 5.74) is 3.09. The second-order valence-electron chi connectivity index (χ2n) is 5.26. The van der Waals surface area contributed by atoms with Crippen LogP contribution in [0, 0.1) is 10.7 Å². The monoisotopic (exact) mass is 295 g/mol. The molecule has 1 unspecified atom stereocenters. The summed E-state index contributed by atoms with van der Waals surface area (Å²) in [5, 5.41) is 3.33. The van der Waals surface area contributed by atoms with Gasteiger partial charge in [0.15, 0.2) is 0 Å². The molecule has 0 saturated carbocycles. The molecular weight excluding hydrogens is 277 g/mol. The van der Waals surface area contributed by atoms with Gasteiger partial charge in [0, 0.05) is 0 Å². The number of rotatable bonds is 6. The van der Waals surface area contributed by atoms with Crippen molar-refractivity contribution in [2.75, 3.05) is 0 Å². The molecule has 1 aromatic rings. The van der Waals surface area contributed by atoms with Crippen LogP contribution in [-0.4, -0.2) is 6.04 Å². The zero-order valence-electron chi connectivity index (χ0n) is 11.7. The van der Waals surface area contributed by atoms with Crippen LogP contribution in [0.25, 0.3) is 5.57 Å². The molecule has 2 nitrogen and oxygen atoms in total. The number of benzene rings is 1. The van der Waals surface area contributed by atoms with Gasteiger partial charge in [-0.1, -0.05) is 48.2 Å². The molecule has 0 heterocycles. The average molecular weight is 296 g/mol. The number of unbranched alkanes of at least 4 members (excludes halogenated alkanes) is 2. The van der Waals surface area contributed by atoms with Gasteiger partial charge in [0.1, 0.15) is 11.9 Å². The molecule has 2 rings (SSSR count). The van der Waals surface area contributed by atoms with Crippen LogP contribution in [0.2, 0.25) is 5.02 Å². The van der Waals surface area contributed by atoms with E-state index in [9.17, 15) is 9.30 Å². The highest BCUT2D eigenvalue weighted by atomic mass is 35.5. The smallest absolute Gasteiger partial charge is 0.141 e. The number of nitrogens with zero attached hydrogens (tertiary/aromatic N) is 1. The van der Waals surface area contributed by atoms with Crippen LogP contribution >= 0.6 is 11.6 Å². The first-order valence-electron chi connectivity index (χ1n) is 7.17. The molecule has 0 amide bonds. The fraction of sp³-hybridized carbons (Fsp3) is 0.500. The predicted octanol–water partition coefficient (Wildman–Crippen LogP) is 5.74. The standard InChI is InChI=1S/C16H19ClFNO/c1-2-3-4-5-11-7-9-15(19-20)16(11)12-6-8-14(18)13(17)10-12/h6,8,10,15H,2-5,7,9H2,1H3. The Labute approximate surface area is 124 Å². The van der Waals surface area contributed by atoms with Crippen LogP contribution in [0.1, 0.15) is 51.0 Å². The van der Waals surface area contributed by atoms with Gasteiger partial charge in [0.05, 0.1) is 5.02 Å². The summed E-state index contributed by atoms with van der Waals surface area (Å²) in [7, 11) is 0. The van der Waals surface area contributed by atoms with Gasteiger partial charge in [0.25, 0.3) is 0 Å². The molecule has 1 atom stereocenters. The molecule has 1 aliphatic carbocycles. The molecule has 0 saturated heterocycles. The van der Waals surface area contributed by atoms with Crippen molar-refractivity contribution in [2.24, 2.45) is 5.18 Å². The van der Waals surface area contributed by atoms with E-state index in [2.05, 4.69) is 12.1 Å². The Hall–Kier alpha value is -1.22. The molecule has 1 aliphatic rings. The second kappa shape index (κ2) is 6.98. The van der Waals surface area contributed by atoms with Crippen molar-refractivity contribution in [3.05, 3.63) is 45.1 Å². The van der Waals surface area contributed by atoms with E-state index in [-0.39, 0.29) is 11.1 Å². The number of halogens is 2. The van der Waals surface area contributed by atoms with Gasteiger partial charge in [0.2, 0.25) is 0 Å². The Bertz CT molecular complexity index is 527. The van der Waals surface area contributed by atoms with E-state index >= 15 is 0 Å². The molecule has 1 aromatic carbocycles. The first kappa shape index (κ1) is 15.2. The van der Waals surface area contributed by atoms with Gasteiger partial charge in [-0.3, -0.25) is 0 Å². The summed E-state index contributed by atoms with van der Waals surface area (Å²) in [5.74, 6) is -0.433. The molecule has 20 heavy (non-hydrogen) atoms. The van der Waals surface area contributed by atoms with Crippen LogP contribution in [-0.2, 0) is 0 Å². The third kappa shape index (κ3) is 3.26. The highest BCUT2D eigenvalue weighted by molar-refractivity contribution is 6.30. The minimum absolute atomic E-state index is 0.0967. The largest absolute Gasteiger partial charge is 0.205 e. The van der Waals surface area contributed by atoms with Crippen LogP contribution < -0.4 is 0 Å². The molecule has 4 heteroatoms. The normalized spacial score (nSPS) is 18.6. The SMILES string of the molecule is CCCCCC1=C(c2ccc(F)c(Cl)c2)C(N=O)CC1. The zero-order valence-corrected chi connectivity index (χ0v) is 12.4. The van der Waals surface area contributed by atoms with Gasteiger partial charge >= 0.3 is 0 Å². The van der Waals surface area contributed by atoms with Crippen molar-refractivity contribution in [3.8, 4) is 0 Å². The van der Waals surface area contributed by atoms with Crippen molar-refractivity contribution < 1.29 is 4.39 Å². The van der Waals surface area contributed by atoms with E-state index in [1.807, 2.05) is 0 Å². The number of hydrogen-bond donors (Lipinski definition) is 0. The topological polar surface area (TPSA) is 29.4 Å². The fourth-order valence-electron chi connectivity index (χ4n) is 2.84. The lowest BCUT2D eigenvalue weighted by Crippen LogP contribution is -2.02. The molecule has 0 radical (unpaired) electrons. The predicted molar refractivity (Wildman–Crippen MR) is 81.3 cm³/mol. The molecule has 0 spiro atoms. The molecule has 108 valence electrons. The van der Waals surface area contributed by atoms with Gasteiger partial charge in [-0.15, -0.1) is 0 Å². The minimum atomic E-state index is -0.433. The van der Waals surface area contributed by atoms with Gasteiger partial charge in [-0.05, 0) is 49.0 Å². The van der Waals surface area contributed by atoms with Gasteiger partial charge in [-0.2, -0.15) is 4.91 Å². The maximum atomic E-state index is 13.3. The summed E-state index contributed by atoms with van der Waals surface area (Å²) in [6.45, 7) is 2.17. The van der Waals surface area contributed by atoms with E-state index in [0.29, 0.717) is 0 Å². The number of hydrogen-bond acceptors (Lipinski definition) is 2. The van der Waals surface area contributed by atoms with E-state index in [1.54, 1.807) is 12.1 Å². The van der Waals surface area contributed by atoms with Crippen LogP contribution in [0.4, 0.5) is 4.39 Å². The van der Waals surface area contributed by atoms with Gasteiger partial charge < -0.3 is 0 Å². The molecule has 0 aliphatic heterocycles. The number of nitroso groups, excluding NO2 is 1. The number of allylic oxidation sites excluding steroid dienone is 1. The first-order valence-corrected chi connectivity index (χ1v) is 7.55. The van der Waals surface area contributed by atoms with E-state index in [4.69, 9.17) is 11.6 Å². The summed E-state index contributed by atoms with van der Waals surface area (Å²) in [4.78, 5) is 11.0. The minimum Gasteiger partial charge on any atom is -0.205 e. The maximum absolute atomic E-state index is 13.3. The Kier molecular flexibility index (Phi) is 5.30. The Morgan fingerprint density at radius 3 is 2.85 bits per heavy atom. The summed E-state index contributed by atoms with van der Waals surface area (Å²) < 4.78 is 13.3. The lowest BCUT2D eigenvalue weighted by atomic mass is 9.96. The van der Waals surface area contributed by atoms with Gasteiger partial charge in [-0.25, -0.2) is 4.39 Å². The highest BCUT2D eigenvalue weighted by Gasteiger charge is 2.27. The second-order valence-corrected chi connectivity index (χ2v) is 5.67. The lowest BCUT2D eigenvalue weighted by Gasteiger charge is -2.11. The molecule has 0 aromatic heterocycles. The quantitative estimate of drug-likeness (QED) is 0.486. The van der Waals surface area contributed by atoms with Crippen molar-refractivity contribution in [3.63, 3.8) is 0 Å². The molecule has 0 bridgehead atoms. The maximum Gasteiger partial charge on any atom is 0.141 e. The summed E-state index contributed by atoms with van der Waals surface area (Å²) >= 11 is 5.85. The van der Waals surface area contributed by atoms with Crippen LogP contribution in [0.5, 0.6) is 0 Å². The molecular formula is C16H19ClFNO. The fourth-order valence-corrected chi connectivity index (χ4v) is 3.02. The van der Waals surface area contributed by atoms with E-state index in [0.717, 1.165) is 36.8 Å². The summed E-state index contributed by atoms with van der Waals surface area (Å²) in [6, 6.07) is 4.34. The first-order chi connectivity index (χ1) is 9.67. The van der Waals surface area contributed by atoms with Crippen molar-refractivity contribution in [1.29, 1.82) is 0 Å². The molecule has 0 fully saturated rings. The van der Waals surface area contributed by atoms with Crippen LogP contribution in [0.15, 0.2) is 28.9 Å². The van der Waals surface area contributed by atoms with Crippen molar-refractivity contribution in [2.45, 2.75) is 51.5 Å². The van der Waals surface area contributed by atoms with Crippen molar-refractivity contribution in [1.82, 2.24) is 0 Å².